The van der Waals surface area contributed by atoms with Gasteiger partial charge in [-0.05, 0) is 11.6 Å². The number of para-hydroxylation sites is 1. The Bertz CT molecular complexity index is 880. The van der Waals surface area contributed by atoms with E-state index in [-0.39, 0.29) is 5.56 Å². The lowest BCUT2D eigenvalue weighted by atomic mass is 10.1. The van der Waals surface area contributed by atoms with Gasteiger partial charge in [-0.2, -0.15) is 0 Å². The third-order valence-corrected chi connectivity index (χ3v) is 4.69. The molecule has 2 heterocycles. The Balaban J connectivity index is 1.51. The highest BCUT2D eigenvalue weighted by atomic mass is 16.1. The summed E-state index contributed by atoms with van der Waals surface area (Å²) in [5.41, 5.74) is 3.28. The van der Waals surface area contributed by atoms with E-state index in [1.54, 1.807) is 6.07 Å². The van der Waals surface area contributed by atoms with E-state index in [0.717, 1.165) is 49.3 Å². The van der Waals surface area contributed by atoms with Crippen LogP contribution in [0.5, 0.6) is 0 Å². The second-order valence-corrected chi connectivity index (χ2v) is 6.31. The molecule has 0 saturated carbocycles. The van der Waals surface area contributed by atoms with Gasteiger partial charge in [0.15, 0.2) is 0 Å². The third kappa shape index (κ3) is 3.05. The van der Waals surface area contributed by atoms with Gasteiger partial charge in [-0.1, -0.05) is 48.5 Å². The predicted molar refractivity (Wildman–Crippen MR) is 98.5 cm³/mol. The van der Waals surface area contributed by atoms with Gasteiger partial charge in [0.05, 0.1) is 11.2 Å². The number of hydrogen-bond acceptors (Lipinski definition) is 3. The molecule has 1 N–H and O–H groups in total. The molecule has 122 valence electrons. The number of H-pyrrole nitrogens is 1. The predicted octanol–water partition coefficient (Wildman–Crippen LogP) is 2.85. The lowest BCUT2D eigenvalue weighted by Crippen LogP contribution is -2.46. The summed E-state index contributed by atoms with van der Waals surface area (Å²) in [5, 5.41) is 1.12. The molecule has 1 fully saturated rings. The van der Waals surface area contributed by atoms with Crippen LogP contribution in [-0.2, 0) is 6.54 Å². The molecule has 1 saturated heterocycles. The summed E-state index contributed by atoms with van der Waals surface area (Å²) in [6, 6.07) is 20.3. The molecular formula is C20H21N3O. The number of pyridine rings is 1. The number of piperazine rings is 1. The number of nitrogens with zero attached hydrogens (tertiary/aromatic N) is 2. The maximum atomic E-state index is 12.0. The number of rotatable bonds is 3. The number of nitrogens with one attached hydrogen (secondary N) is 1. The molecule has 0 radical (unpaired) electrons. The summed E-state index contributed by atoms with van der Waals surface area (Å²) < 4.78 is 0. The first-order valence-corrected chi connectivity index (χ1v) is 8.43. The second kappa shape index (κ2) is 6.49. The van der Waals surface area contributed by atoms with E-state index in [0.29, 0.717) is 0 Å². The van der Waals surface area contributed by atoms with Crippen molar-refractivity contribution in [3.63, 3.8) is 0 Å². The molecular weight excluding hydrogens is 298 g/mol. The Hall–Kier alpha value is -2.59. The molecule has 4 nitrogen and oxygen atoms in total. The first kappa shape index (κ1) is 15.0. The summed E-state index contributed by atoms with van der Waals surface area (Å²) in [6.07, 6.45) is 0. The van der Waals surface area contributed by atoms with E-state index in [1.807, 2.05) is 18.2 Å². The standard InChI is InChI=1S/C20H21N3O/c24-20-14-19(17-8-4-5-9-18(17)21-20)23-12-10-22(11-13-23)15-16-6-2-1-3-7-16/h1-9,14H,10-13,15H2,(H,21,24). The van der Waals surface area contributed by atoms with Crippen LogP contribution < -0.4 is 10.5 Å². The van der Waals surface area contributed by atoms with Crippen LogP contribution >= 0.6 is 0 Å². The van der Waals surface area contributed by atoms with Crippen molar-refractivity contribution < 1.29 is 0 Å². The zero-order chi connectivity index (χ0) is 16.4. The van der Waals surface area contributed by atoms with Gasteiger partial charge in [-0.25, -0.2) is 0 Å². The van der Waals surface area contributed by atoms with E-state index in [4.69, 9.17) is 0 Å². The normalized spacial score (nSPS) is 15.8. The summed E-state index contributed by atoms with van der Waals surface area (Å²) in [6.45, 7) is 4.90. The monoisotopic (exact) mass is 319 g/mol. The molecule has 0 unspecified atom stereocenters. The molecule has 3 aromatic rings. The number of benzene rings is 2. The molecule has 4 heteroatoms. The maximum Gasteiger partial charge on any atom is 0.250 e. The van der Waals surface area contributed by atoms with Gasteiger partial charge >= 0.3 is 0 Å². The first-order valence-electron chi connectivity index (χ1n) is 8.43. The fourth-order valence-corrected chi connectivity index (χ4v) is 3.44. The maximum absolute atomic E-state index is 12.0. The van der Waals surface area contributed by atoms with Crippen molar-refractivity contribution in [1.82, 2.24) is 9.88 Å². The SMILES string of the molecule is O=c1cc(N2CCN(Cc3ccccc3)CC2)c2ccccc2[nH]1. The Morgan fingerprint density at radius 1 is 0.875 bits per heavy atom. The second-order valence-electron chi connectivity index (χ2n) is 6.31. The van der Waals surface area contributed by atoms with Crippen LogP contribution in [0.3, 0.4) is 0 Å². The average Bonchev–Trinajstić information content (AvgIpc) is 2.62. The van der Waals surface area contributed by atoms with E-state index in [2.05, 4.69) is 51.2 Å². The van der Waals surface area contributed by atoms with Crippen molar-refractivity contribution in [3.8, 4) is 0 Å². The molecule has 0 aliphatic carbocycles. The molecule has 1 aliphatic rings. The van der Waals surface area contributed by atoms with Gasteiger partial charge in [0.25, 0.3) is 0 Å². The van der Waals surface area contributed by atoms with Crippen LogP contribution in [0.1, 0.15) is 5.56 Å². The van der Waals surface area contributed by atoms with Gasteiger partial charge in [-0.3, -0.25) is 9.69 Å². The van der Waals surface area contributed by atoms with Gasteiger partial charge in [0.2, 0.25) is 5.56 Å². The summed E-state index contributed by atoms with van der Waals surface area (Å²) in [5.74, 6) is 0. The van der Waals surface area contributed by atoms with Crippen LogP contribution in [0.15, 0.2) is 65.5 Å². The number of aromatic amines is 1. The largest absolute Gasteiger partial charge is 0.368 e. The summed E-state index contributed by atoms with van der Waals surface area (Å²) in [7, 11) is 0. The van der Waals surface area contributed by atoms with Crippen molar-refractivity contribution in [2.45, 2.75) is 6.54 Å². The minimum absolute atomic E-state index is 0.0320. The zero-order valence-electron chi connectivity index (χ0n) is 13.6. The van der Waals surface area contributed by atoms with Crippen LogP contribution in [0.25, 0.3) is 10.9 Å². The minimum atomic E-state index is -0.0320. The van der Waals surface area contributed by atoms with Crippen LogP contribution in [-0.4, -0.2) is 36.1 Å². The lowest BCUT2D eigenvalue weighted by molar-refractivity contribution is 0.250. The molecule has 0 atom stereocenters. The summed E-state index contributed by atoms with van der Waals surface area (Å²) in [4.78, 5) is 19.7. The van der Waals surface area contributed by atoms with Crippen molar-refractivity contribution in [2.75, 3.05) is 31.1 Å². The van der Waals surface area contributed by atoms with Gasteiger partial charge in [0.1, 0.15) is 0 Å². The number of anilines is 1. The van der Waals surface area contributed by atoms with E-state index >= 15 is 0 Å². The van der Waals surface area contributed by atoms with Crippen LogP contribution in [0.4, 0.5) is 5.69 Å². The molecule has 1 aliphatic heterocycles. The van der Waals surface area contributed by atoms with E-state index < -0.39 is 0 Å². The Morgan fingerprint density at radius 2 is 1.58 bits per heavy atom. The van der Waals surface area contributed by atoms with Crippen molar-refractivity contribution in [3.05, 3.63) is 76.6 Å². The van der Waals surface area contributed by atoms with Gasteiger partial charge in [0, 0.05) is 44.2 Å². The first-order chi connectivity index (χ1) is 11.8. The Morgan fingerprint density at radius 3 is 2.38 bits per heavy atom. The fraction of sp³-hybridized carbons (Fsp3) is 0.250. The van der Waals surface area contributed by atoms with Crippen LogP contribution in [0.2, 0.25) is 0 Å². The van der Waals surface area contributed by atoms with Crippen molar-refractivity contribution in [2.24, 2.45) is 0 Å². The van der Waals surface area contributed by atoms with Gasteiger partial charge in [-0.15, -0.1) is 0 Å². The molecule has 0 bridgehead atoms. The highest BCUT2D eigenvalue weighted by Gasteiger charge is 2.19. The smallest absolute Gasteiger partial charge is 0.250 e. The Kier molecular flexibility index (Phi) is 4.05. The third-order valence-electron chi connectivity index (χ3n) is 4.69. The van der Waals surface area contributed by atoms with E-state index in [9.17, 15) is 4.79 Å². The summed E-state index contributed by atoms with van der Waals surface area (Å²) >= 11 is 0. The number of hydrogen-bond donors (Lipinski definition) is 1. The quantitative estimate of drug-likeness (QED) is 0.807. The molecule has 1 aromatic heterocycles. The van der Waals surface area contributed by atoms with Crippen LogP contribution in [0, 0.1) is 0 Å². The lowest BCUT2D eigenvalue weighted by Gasteiger charge is -2.36. The molecule has 0 amide bonds. The fourth-order valence-electron chi connectivity index (χ4n) is 3.44. The zero-order valence-corrected chi connectivity index (χ0v) is 13.6. The van der Waals surface area contributed by atoms with Crippen molar-refractivity contribution >= 4 is 16.6 Å². The molecule has 2 aromatic carbocycles. The van der Waals surface area contributed by atoms with Crippen molar-refractivity contribution in [1.29, 1.82) is 0 Å². The molecule has 0 spiro atoms. The Labute approximate surface area is 141 Å². The molecule has 24 heavy (non-hydrogen) atoms. The highest BCUT2D eigenvalue weighted by Crippen LogP contribution is 2.24. The number of fused-ring (bicyclic) bond motifs is 1. The minimum Gasteiger partial charge on any atom is -0.368 e. The molecule has 4 rings (SSSR count). The van der Waals surface area contributed by atoms with E-state index in [1.165, 1.54) is 5.56 Å². The number of aromatic nitrogens is 1. The van der Waals surface area contributed by atoms with Gasteiger partial charge < -0.3 is 9.88 Å². The highest BCUT2D eigenvalue weighted by molar-refractivity contribution is 5.91. The topological polar surface area (TPSA) is 39.3 Å². The average molecular weight is 319 g/mol.